The van der Waals surface area contributed by atoms with Crippen LogP contribution in [0, 0.1) is 17.2 Å². The van der Waals surface area contributed by atoms with Crippen molar-refractivity contribution in [2.24, 2.45) is 5.92 Å². The van der Waals surface area contributed by atoms with Crippen LogP contribution >= 0.6 is 0 Å². The molecule has 1 aromatic heterocycles. The number of amides is 1. The second-order valence-electron chi connectivity index (χ2n) is 6.42. The fourth-order valence-corrected chi connectivity index (χ4v) is 2.38. The van der Waals surface area contributed by atoms with Crippen molar-refractivity contribution in [2.45, 2.75) is 26.4 Å². The van der Waals surface area contributed by atoms with Gasteiger partial charge in [-0.3, -0.25) is 9.59 Å². The molecule has 0 radical (unpaired) electrons. The third kappa shape index (κ3) is 6.49. The van der Waals surface area contributed by atoms with E-state index in [0.717, 1.165) is 5.69 Å². The lowest BCUT2D eigenvalue weighted by atomic mass is 10.0. The Bertz CT molecular complexity index is 850. The molecule has 0 aliphatic rings. The molecule has 28 heavy (non-hydrogen) atoms. The van der Waals surface area contributed by atoms with Crippen LogP contribution in [0.1, 0.15) is 25.8 Å². The summed E-state index contributed by atoms with van der Waals surface area (Å²) in [5, 5.41) is 16.0. The van der Waals surface area contributed by atoms with Crippen molar-refractivity contribution < 1.29 is 14.3 Å². The van der Waals surface area contributed by atoms with Crippen LogP contribution < -0.4 is 5.32 Å². The molecule has 2 rings (SSSR count). The van der Waals surface area contributed by atoms with Gasteiger partial charge in [0.2, 0.25) is 5.91 Å². The van der Waals surface area contributed by atoms with E-state index in [1.807, 2.05) is 44.2 Å². The van der Waals surface area contributed by atoms with Gasteiger partial charge in [-0.15, -0.1) is 0 Å². The molecular weight excluding hydrogens is 356 g/mol. The molecule has 0 aliphatic carbocycles. The molecule has 2 aromatic rings. The van der Waals surface area contributed by atoms with Crippen molar-refractivity contribution in [1.82, 2.24) is 15.1 Å². The minimum atomic E-state index is -1.37. The van der Waals surface area contributed by atoms with Crippen LogP contribution in [-0.2, 0) is 14.3 Å². The second-order valence-corrected chi connectivity index (χ2v) is 6.42. The largest absolute Gasteiger partial charge is 0.379 e. The number of ether oxygens (including phenoxy) is 1. The van der Waals surface area contributed by atoms with Gasteiger partial charge in [0.15, 0.2) is 11.7 Å². The van der Waals surface area contributed by atoms with Crippen LogP contribution in [0.5, 0.6) is 0 Å². The fourth-order valence-electron chi connectivity index (χ4n) is 2.38. The highest BCUT2D eigenvalue weighted by molar-refractivity contribution is 6.10. The summed E-state index contributed by atoms with van der Waals surface area (Å²) in [5.74, 6) is -2.53. The summed E-state index contributed by atoms with van der Waals surface area (Å²) in [6, 6.07) is 11.3. The van der Waals surface area contributed by atoms with Gasteiger partial charge in [-0.05, 0) is 44.6 Å². The first-order valence-corrected chi connectivity index (χ1v) is 9.12. The number of carbonyl (C=O) groups excluding carboxylic acids is 2. The molecule has 7 heteroatoms. The minimum Gasteiger partial charge on any atom is -0.379 e. The number of nitrogens with one attached hydrogen (secondary N) is 1. The molecule has 1 heterocycles. The standard InChI is InChI=1S/C21H24N4O3/c1-16(2)28-12-6-11-23-21(27)19(13-22)20(26)10-9-17-14-24-25(15-17)18-7-4-3-5-8-18/h3-5,7-10,14-16,19H,6,11-12H2,1-2H3,(H,23,27)/b10-9+. The molecule has 0 fully saturated rings. The van der Waals surface area contributed by atoms with E-state index in [-0.39, 0.29) is 6.10 Å². The zero-order chi connectivity index (χ0) is 20.4. The highest BCUT2D eigenvalue weighted by Gasteiger charge is 2.23. The van der Waals surface area contributed by atoms with Gasteiger partial charge in [0, 0.05) is 24.9 Å². The van der Waals surface area contributed by atoms with Crippen molar-refractivity contribution in [3.63, 3.8) is 0 Å². The number of hydrogen-bond donors (Lipinski definition) is 1. The maximum Gasteiger partial charge on any atom is 0.245 e. The highest BCUT2D eigenvalue weighted by atomic mass is 16.5. The van der Waals surface area contributed by atoms with Crippen LogP contribution in [0.15, 0.2) is 48.8 Å². The third-order valence-corrected chi connectivity index (χ3v) is 3.81. The summed E-state index contributed by atoms with van der Waals surface area (Å²) in [6.45, 7) is 4.72. The van der Waals surface area contributed by atoms with E-state index in [9.17, 15) is 14.9 Å². The first-order valence-electron chi connectivity index (χ1n) is 9.12. The number of aromatic nitrogens is 2. The zero-order valence-electron chi connectivity index (χ0n) is 16.0. The Morgan fingerprint density at radius 2 is 2.07 bits per heavy atom. The fraction of sp³-hybridized carbons (Fsp3) is 0.333. The number of rotatable bonds is 10. The molecule has 0 bridgehead atoms. The van der Waals surface area contributed by atoms with E-state index in [2.05, 4.69) is 10.4 Å². The lowest BCUT2D eigenvalue weighted by Crippen LogP contribution is -2.35. The van der Waals surface area contributed by atoms with E-state index >= 15 is 0 Å². The number of nitrogens with zero attached hydrogens (tertiary/aromatic N) is 3. The average molecular weight is 380 g/mol. The van der Waals surface area contributed by atoms with Gasteiger partial charge in [-0.1, -0.05) is 18.2 Å². The predicted octanol–water partition coefficient (Wildman–Crippen LogP) is 2.53. The number of nitriles is 1. The van der Waals surface area contributed by atoms with E-state index in [0.29, 0.717) is 25.1 Å². The Labute approximate surface area is 164 Å². The van der Waals surface area contributed by atoms with Crippen molar-refractivity contribution in [3.05, 3.63) is 54.4 Å². The highest BCUT2D eigenvalue weighted by Crippen LogP contribution is 2.09. The summed E-state index contributed by atoms with van der Waals surface area (Å²) >= 11 is 0. The average Bonchev–Trinajstić information content (AvgIpc) is 3.16. The normalized spacial score (nSPS) is 12.1. The Morgan fingerprint density at radius 3 is 2.75 bits per heavy atom. The Kier molecular flexibility index (Phi) is 8.12. The summed E-state index contributed by atoms with van der Waals surface area (Å²) in [5.41, 5.74) is 1.59. The lowest BCUT2D eigenvalue weighted by Gasteiger charge is -2.09. The van der Waals surface area contributed by atoms with Gasteiger partial charge in [-0.25, -0.2) is 4.68 Å². The molecule has 0 spiro atoms. The smallest absolute Gasteiger partial charge is 0.245 e. The number of para-hydroxylation sites is 1. The molecule has 1 aromatic carbocycles. The van der Waals surface area contributed by atoms with Gasteiger partial charge < -0.3 is 10.1 Å². The van der Waals surface area contributed by atoms with Crippen molar-refractivity contribution >= 4 is 17.8 Å². The summed E-state index contributed by atoms with van der Waals surface area (Å²) in [6.07, 6.45) is 6.89. The van der Waals surface area contributed by atoms with E-state index < -0.39 is 17.6 Å². The molecule has 0 saturated heterocycles. The Hall–Kier alpha value is -3.24. The number of allylic oxidation sites excluding steroid dienone is 1. The molecular formula is C21H24N4O3. The van der Waals surface area contributed by atoms with Crippen LogP contribution in [0.25, 0.3) is 11.8 Å². The summed E-state index contributed by atoms with van der Waals surface area (Å²) in [4.78, 5) is 24.3. The molecule has 7 nitrogen and oxygen atoms in total. The van der Waals surface area contributed by atoms with Gasteiger partial charge >= 0.3 is 0 Å². The topological polar surface area (TPSA) is 97.0 Å². The van der Waals surface area contributed by atoms with E-state index in [1.54, 1.807) is 29.2 Å². The van der Waals surface area contributed by atoms with E-state index in [4.69, 9.17) is 4.74 Å². The predicted molar refractivity (Wildman–Crippen MR) is 105 cm³/mol. The third-order valence-electron chi connectivity index (χ3n) is 3.81. The summed E-state index contributed by atoms with van der Waals surface area (Å²) < 4.78 is 7.06. The Morgan fingerprint density at radius 1 is 1.32 bits per heavy atom. The zero-order valence-corrected chi connectivity index (χ0v) is 16.0. The van der Waals surface area contributed by atoms with Crippen LogP contribution in [0.3, 0.4) is 0 Å². The first kappa shape index (κ1) is 21.1. The monoisotopic (exact) mass is 380 g/mol. The van der Waals surface area contributed by atoms with E-state index in [1.165, 1.54) is 6.08 Å². The number of hydrogen-bond acceptors (Lipinski definition) is 5. The molecule has 0 aliphatic heterocycles. The van der Waals surface area contributed by atoms with Crippen LogP contribution in [-0.4, -0.2) is 40.7 Å². The molecule has 1 unspecified atom stereocenters. The van der Waals surface area contributed by atoms with Crippen molar-refractivity contribution in [2.75, 3.05) is 13.2 Å². The van der Waals surface area contributed by atoms with Gasteiger partial charge in [-0.2, -0.15) is 10.4 Å². The maximum atomic E-state index is 12.2. The summed E-state index contributed by atoms with van der Waals surface area (Å²) in [7, 11) is 0. The van der Waals surface area contributed by atoms with Gasteiger partial charge in [0.25, 0.3) is 0 Å². The number of benzene rings is 1. The van der Waals surface area contributed by atoms with Crippen LogP contribution in [0.4, 0.5) is 0 Å². The molecule has 1 N–H and O–H groups in total. The molecule has 1 amide bonds. The first-order chi connectivity index (χ1) is 13.5. The van der Waals surface area contributed by atoms with Crippen molar-refractivity contribution in [3.8, 4) is 11.8 Å². The molecule has 0 saturated carbocycles. The Balaban J connectivity index is 1.88. The SMILES string of the molecule is CC(C)OCCCNC(=O)C(C#N)C(=O)/C=C/c1cnn(-c2ccccc2)c1. The van der Waals surface area contributed by atoms with Crippen molar-refractivity contribution in [1.29, 1.82) is 5.26 Å². The van der Waals surface area contributed by atoms with Gasteiger partial charge in [0.1, 0.15) is 0 Å². The quantitative estimate of drug-likeness (QED) is 0.388. The maximum absolute atomic E-state index is 12.2. The number of carbonyl (C=O) groups is 2. The molecule has 1 atom stereocenters. The lowest BCUT2D eigenvalue weighted by molar-refractivity contribution is -0.129. The van der Waals surface area contributed by atoms with Crippen LogP contribution in [0.2, 0.25) is 0 Å². The minimum absolute atomic E-state index is 0.125. The van der Waals surface area contributed by atoms with Gasteiger partial charge in [0.05, 0.1) is 24.1 Å². The number of ketones is 1. The second kappa shape index (κ2) is 10.8. The molecule has 146 valence electrons.